The second-order valence-corrected chi connectivity index (χ2v) is 4.78. The van der Waals surface area contributed by atoms with Crippen molar-refractivity contribution in [3.05, 3.63) is 0 Å². The van der Waals surface area contributed by atoms with Crippen LogP contribution in [-0.4, -0.2) is 125 Å². The van der Waals surface area contributed by atoms with E-state index in [2.05, 4.69) is 22.7 Å². The van der Waals surface area contributed by atoms with Crippen molar-refractivity contribution in [3.8, 4) is 0 Å². The number of aliphatic carboxylic acids is 3. The van der Waals surface area contributed by atoms with Gasteiger partial charge in [0.2, 0.25) is 0 Å². The minimum atomic E-state index is -0.963. The molecule has 144 valence electrons. The van der Waals surface area contributed by atoms with Crippen LogP contribution in [0, 0.1) is 0 Å². The van der Waals surface area contributed by atoms with Gasteiger partial charge in [-0.2, -0.15) is 12.6 Å². The lowest BCUT2D eigenvalue weighted by Gasteiger charge is -2.12. The molecule has 11 nitrogen and oxygen atoms in total. The summed E-state index contributed by atoms with van der Waals surface area (Å²) in [7, 11) is 18.5. The Hall–Kier alpha value is -1.25. The molecule has 0 unspecified atom stereocenters. The van der Waals surface area contributed by atoms with Crippen LogP contribution in [0.15, 0.2) is 0 Å². The van der Waals surface area contributed by atoms with Gasteiger partial charge in [0.25, 0.3) is 0 Å². The molecule has 0 saturated heterocycles. The summed E-state index contributed by atoms with van der Waals surface area (Å²) >= 11 is 3.73. The van der Waals surface area contributed by atoms with Crippen LogP contribution < -0.4 is 5.32 Å². The molecular formula is C11H23B3N4O7S. The van der Waals surface area contributed by atoms with E-state index in [1.807, 2.05) is 0 Å². The number of carboxylic acids is 3. The van der Waals surface area contributed by atoms with Gasteiger partial charge >= 0.3 is 17.9 Å². The number of nitrogens with one attached hydrogen (secondary N) is 1. The quantitative estimate of drug-likeness (QED) is 0.141. The van der Waals surface area contributed by atoms with Gasteiger partial charge in [0, 0.05) is 19.7 Å². The van der Waals surface area contributed by atoms with Gasteiger partial charge in [-0.3, -0.25) is 14.4 Å². The maximum atomic E-state index is 9.94. The van der Waals surface area contributed by atoms with Crippen molar-refractivity contribution in [1.29, 1.82) is 0 Å². The van der Waals surface area contributed by atoms with E-state index < -0.39 is 17.9 Å². The Morgan fingerprint density at radius 2 is 1.31 bits per heavy atom. The standard InChI is InChI=1S/C4H9BN2O2.C4H8BNO3.C3H6BNO2S/c1-6-3-7(5)2-4(8)9;1-9-3-6(5)2-4(7)8;4-5(2-8)1-3(6)7/h6H,2-3H2,1H3,(H,8,9);2-3H2,1H3,(H,7,8);8H,1-2H2,(H,6,7). The molecule has 0 aromatic carbocycles. The first-order valence-electron chi connectivity index (χ1n) is 6.88. The molecule has 0 aromatic heterocycles. The fourth-order valence-electron chi connectivity index (χ4n) is 1.04. The molecule has 0 fully saturated rings. The molecule has 6 radical (unpaired) electrons. The van der Waals surface area contributed by atoms with Crippen molar-refractivity contribution >= 4 is 54.5 Å². The SMILES string of the molecule is [B]N(CNC)CC(=O)O.[B]N(COC)CC(=O)O.[B]N(CS)CC(=O)O. The maximum absolute atomic E-state index is 9.94. The topological polar surface area (TPSA) is 143 Å². The number of nitrogens with zero attached hydrogens (tertiary/aromatic N) is 3. The fraction of sp³-hybridized carbons (Fsp3) is 0.727. The zero-order valence-corrected chi connectivity index (χ0v) is 15.6. The molecular weight excluding hydrogens is 365 g/mol. The number of carboxylic acid groups (broad SMARTS) is 3. The summed E-state index contributed by atoms with van der Waals surface area (Å²) in [4.78, 5) is 33.0. The van der Waals surface area contributed by atoms with Crippen molar-refractivity contribution < 1.29 is 34.4 Å². The molecule has 0 atom stereocenters. The molecule has 0 aliphatic rings. The van der Waals surface area contributed by atoms with Gasteiger partial charge in [-0.25, -0.2) is 0 Å². The molecule has 4 N–H and O–H groups in total. The van der Waals surface area contributed by atoms with Gasteiger partial charge in [-0.1, -0.05) is 0 Å². The highest BCUT2D eigenvalue weighted by molar-refractivity contribution is 7.80. The smallest absolute Gasteiger partial charge is 0.316 e. The van der Waals surface area contributed by atoms with E-state index in [1.54, 1.807) is 7.05 Å². The van der Waals surface area contributed by atoms with Crippen molar-refractivity contribution in [1.82, 2.24) is 19.7 Å². The number of hydrogen-bond donors (Lipinski definition) is 5. The van der Waals surface area contributed by atoms with Gasteiger partial charge < -0.3 is 39.8 Å². The van der Waals surface area contributed by atoms with Crippen LogP contribution in [0.2, 0.25) is 0 Å². The molecule has 15 heteroatoms. The minimum absolute atomic E-state index is 0.131. The summed E-state index contributed by atoms with van der Waals surface area (Å²) in [5.41, 5.74) is 0. The number of carbonyl (C=O) groups is 3. The Kier molecular flexibility index (Phi) is 22.8. The summed E-state index contributed by atoms with van der Waals surface area (Å²) in [6.45, 7) is 0.0107. The van der Waals surface area contributed by atoms with Crippen LogP contribution >= 0.6 is 12.6 Å². The van der Waals surface area contributed by atoms with E-state index in [0.29, 0.717) is 6.67 Å². The van der Waals surface area contributed by atoms with Gasteiger partial charge in [-0.15, -0.1) is 0 Å². The first-order valence-corrected chi connectivity index (χ1v) is 7.51. The molecule has 0 aliphatic heterocycles. The first-order chi connectivity index (χ1) is 12.0. The Labute approximate surface area is 162 Å². The summed E-state index contributed by atoms with van der Waals surface area (Å²) in [5, 5.41) is 27.1. The van der Waals surface area contributed by atoms with E-state index in [-0.39, 0.29) is 32.2 Å². The van der Waals surface area contributed by atoms with E-state index in [4.69, 9.17) is 39.3 Å². The molecule has 0 bridgehead atoms. The highest BCUT2D eigenvalue weighted by Crippen LogP contribution is 1.81. The lowest BCUT2D eigenvalue weighted by Crippen LogP contribution is -2.34. The Bertz CT molecular complexity index is 375. The zero-order chi connectivity index (χ0) is 21.1. The molecule has 0 spiro atoms. The Balaban J connectivity index is -0.000000306. The summed E-state index contributed by atoms with van der Waals surface area (Å²) < 4.78 is 4.54. The molecule has 26 heavy (non-hydrogen) atoms. The first kappa shape index (κ1) is 29.5. The maximum Gasteiger partial charge on any atom is 0.316 e. The lowest BCUT2D eigenvalue weighted by atomic mass is 10.3. The summed E-state index contributed by atoms with van der Waals surface area (Å²) in [6.07, 6.45) is 0. The Morgan fingerprint density at radius 3 is 1.58 bits per heavy atom. The van der Waals surface area contributed by atoms with E-state index in [9.17, 15) is 14.4 Å². The number of rotatable bonds is 11. The largest absolute Gasteiger partial charge is 0.480 e. The van der Waals surface area contributed by atoms with E-state index >= 15 is 0 Å². The second-order valence-electron chi connectivity index (χ2n) is 4.49. The molecule has 0 saturated carbocycles. The normalized spacial score (nSPS) is 9.92. The molecule has 0 rings (SSSR count). The summed E-state index contributed by atoms with van der Waals surface area (Å²) in [5.74, 6) is -2.57. The number of thiol groups is 1. The number of ether oxygens (including phenoxy) is 1. The van der Waals surface area contributed by atoms with Crippen molar-refractivity contribution in [2.75, 3.05) is 53.1 Å². The van der Waals surface area contributed by atoms with Crippen LogP contribution in [0.25, 0.3) is 0 Å². The van der Waals surface area contributed by atoms with Gasteiger partial charge in [0.15, 0.2) is 23.9 Å². The average Bonchev–Trinajstić information content (AvgIpc) is 2.46. The minimum Gasteiger partial charge on any atom is -0.480 e. The third-order valence-corrected chi connectivity index (χ3v) is 2.22. The van der Waals surface area contributed by atoms with Crippen LogP contribution in [0.3, 0.4) is 0 Å². The van der Waals surface area contributed by atoms with Crippen molar-refractivity contribution in [2.45, 2.75) is 0 Å². The average molecular weight is 388 g/mol. The zero-order valence-electron chi connectivity index (χ0n) is 14.7. The van der Waals surface area contributed by atoms with Crippen molar-refractivity contribution in [3.63, 3.8) is 0 Å². The van der Waals surface area contributed by atoms with Gasteiger partial charge in [-0.05, 0) is 7.05 Å². The molecule has 0 aliphatic carbocycles. The molecule has 0 amide bonds. The van der Waals surface area contributed by atoms with Crippen molar-refractivity contribution in [2.24, 2.45) is 0 Å². The second kappa shape index (κ2) is 20.1. The van der Waals surface area contributed by atoms with E-state index in [1.165, 1.54) is 11.9 Å². The lowest BCUT2D eigenvalue weighted by molar-refractivity contribution is -0.138. The van der Waals surface area contributed by atoms with Crippen LogP contribution in [0.5, 0.6) is 0 Å². The van der Waals surface area contributed by atoms with Crippen LogP contribution in [-0.2, 0) is 19.1 Å². The predicted octanol–water partition coefficient (Wildman–Crippen LogP) is -2.96. The van der Waals surface area contributed by atoms with Crippen LogP contribution in [0.1, 0.15) is 0 Å². The molecule has 0 aromatic rings. The van der Waals surface area contributed by atoms with Gasteiger partial charge in [0.05, 0.1) is 26.4 Å². The van der Waals surface area contributed by atoms with Gasteiger partial charge in [0.1, 0.15) is 0 Å². The number of hydrogen-bond acceptors (Lipinski definition) is 9. The molecule has 0 heterocycles. The fourth-order valence-corrected chi connectivity index (χ4v) is 1.14. The van der Waals surface area contributed by atoms with E-state index in [0.717, 1.165) is 9.62 Å². The highest BCUT2D eigenvalue weighted by Gasteiger charge is 2.01. The highest BCUT2D eigenvalue weighted by atomic mass is 32.1. The third kappa shape index (κ3) is 30.6. The third-order valence-electron chi connectivity index (χ3n) is 1.85. The monoisotopic (exact) mass is 388 g/mol. The van der Waals surface area contributed by atoms with Crippen LogP contribution in [0.4, 0.5) is 0 Å². The summed E-state index contributed by atoms with van der Waals surface area (Å²) in [6, 6.07) is 0. The predicted molar refractivity (Wildman–Crippen MR) is 99.9 cm³/mol. The number of methoxy groups -OCH3 is 1. The Morgan fingerprint density at radius 1 is 0.923 bits per heavy atom.